The van der Waals surface area contributed by atoms with Gasteiger partial charge in [0.25, 0.3) is 6.29 Å². The van der Waals surface area contributed by atoms with Crippen molar-refractivity contribution in [3.8, 4) is 0 Å². The molecule has 1 aliphatic rings. The number of esters is 1. The van der Waals surface area contributed by atoms with Gasteiger partial charge in [-0.25, -0.2) is 9.59 Å². The number of ether oxygens (including phenoxy) is 3. The molecule has 1 fully saturated rings. The van der Waals surface area contributed by atoms with Crippen molar-refractivity contribution in [1.29, 1.82) is 0 Å². The topological polar surface area (TPSA) is 61.8 Å². The van der Waals surface area contributed by atoms with Crippen LogP contribution in [-0.2, 0) is 14.2 Å². The maximum atomic E-state index is 11.6. The number of halogens is 1. The Morgan fingerprint density at radius 1 is 1.25 bits per heavy atom. The molecule has 0 aromatic heterocycles. The summed E-state index contributed by atoms with van der Waals surface area (Å²) in [5, 5.41) is -0.771. The van der Waals surface area contributed by atoms with Crippen LogP contribution in [0, 0.1) is 0 Å². The van der Waals surface area contributed by atoms with Gasteiger partial charge in [-0.3, -0.25) is 0 Å². The SMILES string of the molecule is O=C1O[C@@H](OC(=O)c2ccccc2)[C@H](Br)O1. The molecule has 0 spiro atoms. The highest BCUT2D eigenvalue weighted by atomic mass is 79.9. The van der Waals surface area contributed by atoms with Crippen molar-refractivity contribution in [2.45, 2.75) is 11.3 Å². The van der Waals surface area contributed by atoms with Gasteiger partial charge in [-0.05, 0) is 28.1 Å². The second-order valence-corrected chi connectivity index (χ2v) is 3.88. The molecule has 2 rings (SSSR count). The van der Waals surface area contributed by atoms with Gasteiger partial charge in [-0.15, -0.1) is 0 Å². The number of cyclic esters (lactones) is 2. The van der Waals surface area contributed by atoms with E-state index in [2.05, 4.69) is 25.4 Å². The average molecular weight is 287 g/mol. The van der Waals surface area contributed by atoms with E-state index in [-0.39, 0.29) is 0 Å². The van der Waals surface area contributed by atoms with Crippen LogP contribution in [0.2, 0.25) is 0 Å². The van der Waals surface area contributed by atoms with Crippen LogP contribution in [-0.4, -0.2) is 23.4 Å². The Balaban J connectivity index is 2.01. The van der Waals surface area contributed by atoms with Gasteiger partial charge in [0.15, 0.2) is 0 Å². The quantitative estimate of drug-likeness (QED) is 0.615. The minimum atomic E-state index is -1.06. The lowest BCUT2D eigenvalue weighted by atomic mass is 10.2. The molecular weight excluding hydrogens is 280 g/mol. The Morgan fingerprint density at radius 2 is 1.94 bits per heavy atom. The zero-order valence-electron chi connectivity index (χ0n) is 7.96. The van der Waals surface area contributed by atoms with Crippen molar-refractivity contribution in [2.75, 3.05) is 0 Å². The van der Waals surface area contributed by atoms with Crippen molar-refractivity contribution < 1.29 is 23.8 Å². The summed E-state index contributed by atoms with van der Waals surface area (Å²) in [7, 11) is 0. The summed E-state index contributed by atoms with van der Waals surface area (Å²) in [5.74, 6) is -0.576. The number of hydrogen-bond donors (Lipinski definition) is 0. The van der Waals surface area contributed by atoms with Crippen LogP contribution >= 0.6 is 15.9 Å². The molecule has 2 atom stereocenters. The zero-order chi connectivity index (χ0) is 11.5. The molecular formula is C10H7BrO5. The first-order valence-corrected chi connectivity index (χ1v) is 5.36. The van der Waals surface area contributed by atoms with Crippen molar-refractivity contribution in [2.24, 2.45) is 0 Å². The highest BCUT2D eigenvalue weighted by molar-refractivity contribution is 9.09. The summed E-state index contributed by atoms with van der Waals surface area (Å²) in [5.41, 5.74) is 0.380. The van der Waals surface area contributed by atoms with Crippen LogP contribution in [0.15, 0.2) is 30.3 Å². The average Bonchev–Trinajstić information content (AvgIpc) is 2.59. The fraction of sp³-hybridized carbons (Fsp3) is 0.200. The van der Waals surface area contributed by atoms with Gasteiger partial charge in [0.2, 0.25) is 5.01 Å². The number of rotatable bonds is 2. The third-order valence-corrected chi connectivity index (χ3v) is 2.49. The molecule has 0 aliphatic carbocycles. The lowest BCUT2D eigenvalue weighted by Crippen LogP contribution is -2.24. The monoisotopic (exact) mass is 286 g/mol. The van der Waals surface area contributed by atoms with E-state index in [1.807, 2.05) is 0 Å². The van der Waals surface area contributed by atoms with Crippen molar-refractivity contribution in [1.82, 2.24) is 0 Å². The molecule has 84 valence electrons. The molecule has 0 bridgehead atoms. The van der Waals surface area contributed by atoms with E-state index in [9.17, 15) is 9.59 Å². The Morgan fingerprint density at radius 3 is 2.50 bits per heavy atom. The van der Waals surface area contributed by atoms with Crippen molar-refractivity contribution in [3.63, 3.8) is 0 Å². The largest absolute Gasteiger partial charge is 0.512 e. The summed E-state index contributed by atoms with van der Waals surface area (Å²) in [6, 6.07) is 8.40. The minimum absolute atomic E-state index is 0.380. The van der Waals surface area contributed by atoms with E-state index in [1.165, 1.54) is 0 Å². The van der Waals surface area contributed by atoms with Crippen LogP contribution in [0.4, 0.5) is 4.79 Å². The predicted octanol–water partition coefficient (Wildman–Crippen LogP) is 2.06. The molecule has 1 aromatic carbocycles. The number of hydrogen-bond acceptors (Lipinski definition) is 5. The Kier molecular flexibility index (Phi) is 3.09. The number of benzene rings is 1. The van der Waals surface area contributed by atoms with Crippen LogP contribution in [0.1, 0.15) is 10.4 Å². The van der Waals surface area contributed by atoms with Crippen LogP contribution in [0.5, 0.6) is 0 Å². The minimum Gasteiger partial charge on any atom is -0.416 e. The lowest BCUT2D eigenvalue weighted by Gasteiger charge is -2.10. The van der Waals surface area contributed by atoms with E-state index in [1.54, 1.807) is 30.3 Å². The Bertz CT molecular complexity index is 405. The molecule has 16 heavy (non-hydrogen) atoms. The number of carbonyl (C=O) groups excluding carboxylic acids is 2. The molecule has 0 radical (unpaired) electrons. The second-order valence-electron chi connectivity index (χ2n) is 2.98. The maximum Gasteiger partial charge on any atom is 0.512 e. The molecule has 1 saturated heterocycles. The molecule has 5 nitrogen and oxygen atoms in total. The summed E-state index contributed by atoms with van der Waals surface area (Å²) < 4.78 is 14.1. The molecule has 1 aliphatic heterocycles. The first-order chi connectivity index (χ1) is 7.66. The molecule has 0 saturated carbocycles. The highest BCUT2D eigenvalue weighted by Gasteiger charge is 2.37. The van der Waals surface area contributed by atoms with Crippen molar-refractivity contribution in [3.05, 3.63) is 35.9 Å². The molecule has 0 N–H and O–H groups in total. The fourth-order valence-electron chi connectivity index (χ4n) is 1.15. The molecule has 1 heterocycles. The third kappa shape index (κ3) is 2.33. The van der Waals surface area contributed by atoms with E-state index < -0.39 is 23.4 Å². The summed E-state index contributed by atoms with van der Waals surface area (Å²) in [4.78, 5) is 22.3. The number of alkyl halides is 1. The van der Waals surface area contributed by atoms with Gasteiger partial charge in [-0.1, -0.05) is 18.2 Å². The van der Waals surface area contributed by atoms with E-state index >= 15 is 0 Å². The van der Waals surface area contributed by atoms with Crippen LogP contribution in [0.3, 0.4) is 0 Å². The first kappa shape index (κ1) is 10.9. The molecule has 0 unspecified atom stereocenters. The molecule has 1 aromatic rings. The van der Waals surface area contributed by atoms with Gasteiger partial charge >= 0.3 is 12.1 Å². The lowest BCUT2D eigenvalue weighted by molar-refractivity contribution is -0.0507. The Labute approximate surface area is 99.4 Å². The molecule has 0 amide bonds. The van der Waals surface area contributed by atoms with E-state index in [4.69, 9.17) is 4.74 Å². The standard InChI is InChI=1S/C10H7BrO5/c11-7-9(16-10(13)14-7)15-8(12)6-4-2-1-3-5-6/h1-5,7,9H/t7-,9-/m1/s1. The van der Waals surface area contributed by atoms with Gasteiger partial charge in [0.05, 0.1) is 5.56 Å². The highest BCUT2D eigenvalue weighted by Crippen LogP contribution is 2.22. The van der Waals surface area contributed by atoms with Gasteiger partial charge in [0, 0.05) is 0 Å². The third-order valence-electron chi connectivity index (χ3n) is 1.87. The molecule has 6 heteroatoms. The summed E-state index contributed by atoms with van der Waals surface area (Å²) in [6.07, 6.45) is -1.92. The normalized spacial score (nSPS) is 23.4. The summed E-state index contributed by atoms with van der Waals surface area (Å²) >= 11 is 3.00. The predicted molar refractivity (Wildman–Crippen MR) is 55.9 cm³/mol. The summed E-state index contributed by atoms with van der Waals surface area (Å²) in [6.45, 7) is 0. The second kappa shape index (κ2) is 4.52. The fourth-order valence-corrected chi connectivity index (χ4v) is 1.52. The van der Waals surface area contributed by atoms with Gasteiger partial charge in [0.1, 0.15) is 0 Å². The van der Waals surface area contributed by atoms with Gasteiger partial charge in [-0.2, -0.15) is 0 Å². The van der Waals surface area contributed by atoms with E-state index in [0.29, 0.717) is 5.56 Å². The van der Waals surface area contributed by atoms with Crippen LogP contribution < -0.4 is 0 Å². The first-order valence-electron chi connectivity index (χ1n) is 4.44. The van der Waals surface area contributed by atoms with Gasteiger partial charge < -0.3 is 14.2 Å². The van der Waals surface area contributed by atoms with Crippen molar-refractivity contribution >= 4 is 28.1 Å². The maximum absolute atomic E-state index is 11.6. The Hall–Kier alpha value is -1.56. The van der Waals surface area contributed by atoms with Crippen LogP contribution in [0.25, 0.3) is 0 Å². The zero-order valence-corrected chi connectivity index (χ0v) is 9.55. The number of carbonyl (C=O) groups is 2. The van der Waals surface area contributed by atoms with E-state index in [0.717, 1.165) is 0 Å². The smallest absolute Gasteiger partial charge is 0.416 e.